The normalized spacial score (nSPS) is 10.9. The lowest BCUT2D eigenvalue weighted by atomic mass is 10.1. The quantitative estimate of drug-likeness (QED) is 0.660. The number of nitrogens with one attached hydrogen (secondary N) is 1. The molecule has 2 aromatic rings. The summed E-state index contributed by atoms with van der Waals surface area (Å²) < 4.78 is 0. The molecule has 3 N–H and O–H groups in total. The third-order valence-electron chi connectivity index (χ3n) is 3.26. The molecule has 24 heavy (non-hydrogen) atoms. The van der Waals surface area contributed by atoms with Crippen LogP contribution in [0.4, 0.5) is 17.3 Å². The van der Waals surface area contributed by atoms with Crippen LogP contribution in [0, 0.1) is 0 Å². The zero-order valence-corrected chi connectivity index (χ0v) is 13.1. The molecule has 0 saturated heterocycles. The van der Waals surface area contributed by atoms with E-state index in [1.165, 1.54) is 12.1 Å². The van der Waals surface area contributed by atoms with Crippen LogP contribution in [-0.2, 0) is 0 Å². The van der Waals surface area contributed by atoms with Crippen LogP contribution in [0.2, 0.25) is 0 Å². The minimum absolute atomic E-state index is 0.0165. The fourth-order valence-electron chi connectivity index (χ4n) is 2.06. The van der Waals surface area contributed by atoms with E-state index >= 15 is 0 Å². The molecule has 2 rings (SSSR count). The highest BCUT2D eigenvalue weighted by atomic mass is 16.4. The Bertz CT molecular complexity index is 781. The SMILES string of the molecule is CCN(CC)c1ccc(N=Nc2n[nH]c(C(=O)O)n2)c(C(=O)O)c1. The van der Waals surface area contributed by atoms with Gasteiger partial charge >= 0.3 is 11.9 Å². The number of nitrogens with zero attached hydrogens (tertiary/aromatic N) is 5. The van der Waals surface area contributed by atoms with Gasteiger partial charge in [0.2, 0.25) is 5.82 Å². The van der Waals surface area contributed by atoms with Gasteiger partial charge in [0.05, 0.1) is 5.56 Å². The molecule has 0 aliphatic heterocycles. The average Bonchev–Trinajstić information content (AvgIpc) is 3.03. The third-order valence-corrected chi connectivity index (χ3v) is 3.26. The Morgan fingerprint density at radius 2 is 1.88 bits per heavy atom. The second-order valence-electron chi connectivity index (χ2n) is 4.67. The number of benzene rings is 1. The molecule has 0 aliphatic carbocycles. The van der Waals surface area contributed by atoms with E-state index in [0.29, 0.717) is 0 Å². The molecule has 1 aromatic heterocycles. The number of aromatic nitrogens is 3. The predicted molar refractivity (Wildman–Crippen MR) is 84.5 cm³/mol. The molecule has 1 heterocycles. The van der Waals surface area contributed by atoms with Crippen LogP contribution in [-0.4, -0.2) is 50.4 Å². The first-order chi connectivity index (χ1) is 11.5. The number of aromatic amines is 1. The molecular formula is C14H16N6O4. The Kier molecular flexibility index (Phi) is 5.20. The molecule has 0 spiro atoms. The van der Waals surface area contributed by atoms with Gasteiger partial charge in [-0.3, -0.25) is 5.10 Å². The number of azo groups is 1. The maximum atomic E-state index is 11.4. The van der Waals surface area contributed by atoms with E-state index in [1.807, 2.05) is 18.7 Å². The van der Waals surface area contributed by atoms with Crippen molar-refractivity contribution >= 4 is 29.3 Å². The van der Waals surface area contributed by atoms with Crippen LogP contribution in [0.3, 0.4) is 0 Å². The van der Waals surface area contributed by atoms with E-state index in [2.05, 4.69) is 25.4 Å². The van der Waals surface area contributed by atoms with Gasteiger partial charge in [-0.05, 0) is 32.0 Å². The third kappa shape index (κ3) is 3.72. The van der Waals surface area contributed by atoms with Crippen molar-refractivity contribution in [2.24, 2.45) is 10.2 Å². The number of carboxylic acid groups (broad SMARTS) is 2. The number of rotatable bonds is 7. The number of anilines is 1. The van der Waals surface area contributed by atoms with Gasteiger partial charge in [-0.1, -0.05) is 0 Å². The summed E-state index contributed by atoms with van der Waals surface area (Å²) in [6.45, 7) is 5.43. The lowest BCUT2D eigenvalue weighted by Gasteiger charge is -2.21. The van der Waals surface area contributed by atoms with Crippen molar-refractivity contribution in [1.82, 2.24) is 15.2 Å². The van der Waals surface area contributed by atoms with Crippen molar-refractivity contribution < 1.29 is 19.8 Å². The summed E-state index contributed by atoms with van der Waals surface area (Å²) in [6.07, 6.45) is 0. The number of H-pyrrole nitrogens is 1. The van der Waals surface area contributed by atoms with E-state index in [0.717, 1.165) is 18.8 Å². The van der Waals surface area contributed by atoms with Crippen LogP contribution in [0.25, 0.3) is 0 Å². The van der Waals surface area contributed by atoms with E-state index < -0.39 is 11.9 Å². The molecule has 0 atom stereocenters. The monoisotopic (exact) mass is 332 g/mol. The van der Waals surface area contributed by atoms with Gasteiger partial charge in [0.25, 0.3) is 5.95 Å². The summed E-state index contributed by atoms with van der Waals surface area (Å²) in [4.78, 5) is 27.7. The summed E-state index contributed by atoms with van der Waals surface area (Å²) in [5.74, 6) is -2.99. The number of hydrogen-bond acceptors (Lipinski definition) is 7. The van der Waals surface area contributed by atoms with Gasteiger partial charge in [0, 0.05) is 18.8 Å². The molecule has 0 bridgehead atoms. The van der Waals surface area contributed by atoms with E-state index in [4.69, 9.17) is 5.11 Å². The minimum atomic E-state index is -1.28. The standard InChI is InChI=1S/C14H16N6O4/c1-3-20(4-2)8-5-6-10(9(7-8)12(21)22)16-18-14-15-11(13(23)24)17-19-14/h5-7H,3-4H2,1-2H3,(H,21,22)(H,23,24)(H,15,17,19). The second kappa shape index (κ2) is 7.31. The van der Waals surface area contributed by atoms with Crippen molar-refractivity contribution in [3.8, 4) is 0 Å². The van der Waals surface area contributed by atoms with Crippen LogP contribution < -0.4 is 4.90 Å². The number of hydrogen-bond donors (Lipinski definition) is 3. The van der Waals surface area contributed by atoms with E-state index in [9.17, 15) is 14.7 Å². The summed E-state index contributed by atoms with van der Waals surface area (Å²) in [7, 11) is 0. The molecule has 10 nitrogen and oxygen atoms in total. The molecule has 0 saturated carbocycles. The fraction of sp³-hybridized carbons (Fsp3) is 0.286. The predicted octanol–water partition coefficient (Wildman–Crippen LogP) is 2.46. The lowest BCUT2D eigenvalue weighted by molar-refractivity contribution is 0.0678. The van der Waals surface area contributed by atoms with Crippen molar-refractivity contribution in [2.75, 3.05) is 18.0 Å². The lowest BCUT2D eigenvalue weighted by Crippen LogP contribution is -2.22. The largest absolute Gasteiger partial charge is 0.478 e. The van der Waals surface area contributed by atoms with Crippen molar-refractivity contribution in [3.05, 3.63) is 29.6 Å². The first-order valence-electron chi connectivity index (χ1n) is 7.16. The number of carboxylic acids is 2. The van der Waals surface area contributed by atoms with Crippen molar-refractivity contribution in [3.63, 3.8) is 0 Å². The highest BCUT2D eigenvalue weighted by Crippen LogP contribution is 2.26. The van der Waals surface area contributed by atoms with Gasteiger partial charge in [0.1, 0.15) is 5.69 Å². The zero-order valence-electron chi connectivity index (χ0n) is 13.1. The molecule has 0 fully saturated rings. The molecule has 0 amide bonds. The number of carbonyl (C=O) groups is 2. The minimum Gasteiger partial charge on any atom is -0.478 e. The summed E-state index contributed by atoms with van der Waals surface area (Å²) in [6, 6.07) is 4.80. The Balaban J connectivity index is 2.33. The first kappa shape index (κ1) is 17.1. The maximum Gasteiger partial charge on any atom is 0.373 e. The molecule has 10 heteroatoms. The van der Waals surface area contributed by atoms with Gasteiger partial charge < -0.3 is 15.1 Å². The van der Waals surface area contributed by atoms with Gasteiger partial charge in [-0.25, -0.2) is 9.59 Å². The molecule has 1 aromatic carbocycles. The van der Waals surface area contributed by atoms with Crippen molar-refractivity contribution in [1.29, 1.82) is 0 Å². The Morgan fingerprint density at radius 3 is 2.42 bits per heavy atom. The van der Waals surface area contributed by atoms with Crippen LogP contribution in [0.15, 0.2) is 28.4 Å². The van der Waals surface area contributed by atoms with E-state index in [-0.39, 0.29) is 23.0 Å². The average molecular weight is 332 g/mol. The highest BCUT2D eigenvalue weighted by molar-refractivity contribution is 5.94. The van der Waals surface area contributed by atoms with Gasteiger partial charge in [0.15, 0.2) is 0 Å². The Labute approximate surface area is 136 Å². The summed E-state index contributed by atoms with van der Waals surface area (Å²) in [5, 5.41) is 31.3. The smallest absolute Gasteiger partial charge is 0.373 e. The molecule has 126 valence electrons. The summed E-state index contributed by atoms with van der Waals surface area (Å²) in [5.41, 5.74) is 0.875. The molecule has 0 aliphatic rings. The van der Waals surface area contributed by atoms with Crippen molar-refractivity contribution in [2.45, 2.75) is 13.8 Å². The first-order valence-corrected chi connectivity index (χ1v) is 7.16. The van der Waals surface area contributed by atoms with Crippen LogP contribution >= 0.6 is 0 Å². The van der Waals surface area contributed by atoms with Crippen LogP contribution in [0.5, 0.6) is 0 Å². The maximum absolute atomic E-state index is 11.4. The zero-order chi connectivity index (χ0) is 17.7. The fourth-order valence-corrected chi connectivity index (χ4v) is 2.06. The molecule has 0 radical (unpaired) electrons. The van der Waals surface area contributed by atoms with Crippen LogP contribution in [0.1, 0.15) is 34.8 Å². The topological polar surface area (TPSA) is 144 Å². The second-order valence-corrected chi connectivity index (χ2v) is 4.67. The summed E-state index contributed by atoms with van der Waals surface area (Å²) >= 11 is 0. The van der Waals surface area contributed by atoms with Gasteiger partial charge in [-0.15, -0.1) is 15.3 Å². The molecular weight excluding hydrogens is 316 g/mol. The number of aromatic carboxylic acids is 2. The molecule has 0 unspecified atom stereocenters. The Hall–Kier alpha value is -3.30. The van der Waals surface area contributed by atoms with Gasteiger partial charge in [-0.2, -0.15) is 4.98 Å². The Morgan fingerprint density at radius 1 is 1.17 bits per heavy atom. The van der Waals surface area contributed by atoms with E-state index in [1.54, 1.807) is 6.07 Å². The highest BCUT2D eigenvalue weighted by Gasteiger charge is 2.14.